The maximum atomic E-state index is 12.3. The minimum absolute atomic E-state index is 0.0669. The van der Waals surface area contributed by atoms with Gasteiger partial charge in [-0.1, -0.05) is 6.08 Å². The van der Waals surface area contributed by atoms with E-state index < -0.39 is 0 Å². The van der Waals surface area contributed by atoms with Gasteiger partial charge in [-0.3, -0.25) is 4.79 Å². The van der Waals surface area contributed by atoms with Gasteiger partial charge in [0.05, 0.1) is 14.2 Å². The summed E-state index contributed by atoms with van der Waals surface area (Å²) in [5, 5.41) is 9.89. The van der Waals surface area contributed by atoms with Gasteiger partial charge in [0, 0.05) is 25.3 Å². The summed E-state index contributed by atoms with van der Waals surface area (Å²) in [6.45, 7) is 0. The van der Waals surface area contributed by atoms with Gasteiger partial charge in [0.15, 0.2) is 17.3 Å². The lowest BCUT2D eigenvalue weighted by atomic mass is 10.1. The second-order valence-electron chi connectivity index (χ2n) is 5.41. The highest BCUT2D eigenvalue weighted by Crippen LogP contribution is 2.37. The molecule has 5 nitrogen and oxygen atoms in total. The van der Waals surface area contributed by atoms with Crippen LogP contribution in [0.15, 0.2) is 42.5 Å². The first kappa shape index (κ1) is 17.4. The fraction of sp³-hybridized carbons (Fsp3) is 0.211. The van der Waals surface area contributed by atoms with Gasteiger partial charge in [0.2, 0.25) is 5.75 Å². The molecule has 0 fully saturated rings. The molecule has 0 aliphatic rings. The predicted molar refractivity (Wildman–Crippen MR) is 95.3 cm³/mol. The van der Waals surface area contributed by atoms with E-state index >= 15 is 0 Å². The van der Waals surface area contributed by atoms with E-state index in [1.54, 1.807) is 30.3 Å². The van der Waals surface area contributed by atoms with E-state index in [4.69, 9.17) is 9.47 Å². The third-order valence-electron chi connectivity index (χ3n) is 3.60. The lowest BCUT2D eigenvalue weighted by molar-refractivity contribution is 0.104. The first-order valence-corrected chi connectivity index (χ1v) is 7.41. The number of ketones is 1. The molecule has 5 heteroatoms. The Kier molecular flexibility index (Phi) is 5.47. The Balaban J connectivity index is 2.22. The SMILES string of the molecule is COc1cc(/C=C/C(=O)c2ccc(N(C)C)cc2)cc(OC)c1O. The molecule has 0 heterocycles. The molecule has 2 aromatic carbocycles. The van der Waals surface area contributed by atoms with E-state index in [2.05, 4.69) is 0 Å². The fourth-order valence-electron chi connectivity index (χ4n) is 2.20. The number of allylic oxidation sites excluding steroid dienone is 1. The standard InChI is InChI=1S/C19H21NO4/c1-20(2)15-8-6-14(7-9-15)16(21)10-5-13-11-17(23-3)19(22)18(12-13)24-4/h5-12,22H,1-4H3/b10-5+. The van der Waals surface area contributed by atoms with Crippen LogP contribution in [0.2, 0.25) is 0 Å². The van der Waals surface area contributed by atoms with Gasteiger partial charge in [0.1, 0.15) is 0 Å². The van der Waals surface area contributed by atoms with E-state index in [0.29, 0.717) is 11.1 Å². The maximum Gasteiger partial charge on any atom is 0.200 e. The smallest absolute Gasteiger partial charge is 0.200 e. The largest absolute Gasteiger partial charge is 0.502 e. The maximum absolute atomic E-state index is 12.3. The number of phenolic OH excluding ortho intramolecular Hbond substituents is 1. The monoisotopic (exact) mass is 327 g/mol. The Morgan fingerprint density at radius 3 is 2.04 bits per heavy atom. The Labute approximate surface area is 141 Å². The lowest BCUT2D eigenvalue weighted by Crippen LogP contribution is -2.08. The van der Waals surface area contributed by atoms with Gasteiger partial charge >= 0.3 is 0 Å². The Bertz CT molecular complexity index is 723. The van der Waals surface area contributed by atoms with Gasteiger partial charge in [-0.2, -0.15) is 0 Å². The fourth-order valence-corrected chi connectivity index (χ4v) is 2.20. The molecule has 0 saturated heterocycles. The number of anilines is 1. The molecule has 0 aromatic heterocycles. The molecule has 0 unspecified atom stereocenters. The van der Waals surface area contributed by atoms with Crippen LogP contribution in [-0.4, -0.2) is 39.2 Å². The van der Waals surface area contributed by atoms with Crippen LogP contribution >= 0.6 is 0 Å². The Morgan fingerprint density at radius 1 is 1.04 bits per heavy atom. The molecule has 0 spiro atoms. The zero-order chi connectivity index (χ0) is 17.7. The molecule has 0 atom stereocenters. The highest BCUT2D eigenvalue weighted by atomic mass is 16.5. The molecule has 0 bridgehead atoms. The number of carbonyl (C=O) groups excluding carboxylic acids is 1. The lowest BCUT2D eigenvalue weighted by Gasteiger charge is -2.12. The van der Waals surface area contributed by atoms with Gasteiger partial charge in [-0.25, -0.2) is 0 Å². The molecule has 1 N–H and O–H groups in total. The van der Waals surface area contributed by atoms with E-state index in [1.165, 1.54) is 20.3 Å². The minimum atomic E-state index is -0.105. The van der Waals surface area contributed by atoms with Crippen LogP contribution in [0.5, 0.6) is 17.2 Å². The van der Waals surface area contributed by atoms with Gasteiger partial charge in [-0.15, -0.1) is 0 Å². The molecule has 24 heavy (non-hydrogen) atoms. The molecule has 0 aliphatic heterocycles. The number of hydrogen-bond acceptors (Lipinski definition) is 5. The second kappa shape index (κ2) is 7.55. The summed E-state index contributed by atoms with van der Waals surface area (Å²) in [5.74, 6) is 0.405. The summed E-state index contributed by atoms with van der Waals surface area (Å²) in [4.78, 5) is 14.2. The highest BCUT2D eigenvalue weighted by Gasteiger charge is 2.10. The average molecular weight is 327 g/mol. The van der Waals surface area contributed by atoms with E-state index in [-0.39, 0.29) is 23.0 Å². The number of hydrogen-bond donors (Lipinski definition) is 1. The molecular formula is C19H21NO4. The van der Waals surface area contributed by atoms with Crippen molar-refractivity contribution in [2.45, 2.75) is 0 Å². The van der Waals surface area contributed by atoms with Crippen molar-refractivity contribution in [2.75, 3.05) is 33.2 Å². The number of methoxy groups -OCH3 is 2. The van der Waals surface area contributed by atoms with Crippen LogP contribution in [0, 0.1) is 0 Å². The van der Waals surface area contributed by atoms with Crippen LogP contribution in [-0.2, 0) is 0 Å². The Hall–Kier alpha value is -2.95. The molecular weight excluding hydrogens is 306 g/mol. The van der Waals surface area contributed by atoms with Crippen LogP contribution in [0.4, 0.5) is 5.69 Å². The van der Waals surface area contributed by atoms with Crippen LogP contribution in [0.3, 0.4) is 0 Å². The quantitative estimate of drug-likeness (QED) is 0.651. The van der Waals surface area contributed by atoms with Gasteiger partial charge in [0.25, 0.3) is 0 Å². The number of phenols is 1. The summed E-state index contributed by atoms with van der Waals surface area (Å²) in [7, 11) is 6.81. The number of aromatic hydroxyl groups is 1. The van der Waals surface area contributed by atoms with E-state index in [1.807, 2.05) is 31.1 Å². The second-order valence-corrected chi connectivity index (χ2v) is 5.41. The van der Waals surface area contributed by atoms with Crippen LogP contribution in [0.25, 0.3) is 6.08 Å². The van der Waals surface area contributed by atoms with Crippen LogP contribution < -0.4 is 14.4 Å². The first-order chi connectivity index (χ1) is 11.5. The predicted octanol–water partition coefficient (Wildman–Crippen LogP) is 3.37. The summed E-state index contributed by atoms with van der Waals surface area (Å²) >= 11 is 0. The van der Waals surface area contributed by atoms with Crippen LogP contribution in [0.1, 0.15) is 15.9 Å². The topological polar surface area (TPSA) is 59.0 Å². The molecule has 2 rings (SSSR count). The molecule has 0 amide bonds. The zero-order valence-corrected chi connectivity index (χ0v) is 14.2. The Morgan fingerprint density at radius 2 is 1.58 bits per heavy atom. The number of nitrogens with zero attached hydrogens (tertiary/aromatic N) is 1. The van der Waals surface area contributed by atoms with Gasteiger partial charge in [-0.05, 0) is 48.0 Å². The summed E-state index contributed by atoms with van der Waals surface area (Å²) in [6, 6.07) is 10.6. The number of benzene rings is 2. The number of ether oxygens (including phenoxy) is 2. The zero-order valence-electron chi connectivity index (χ0n) is 14.2. The third-order valence-corrected chi connectivity index (χ3v) is 3.60. The summed E-state index contributed by atoms with van der Waals surface area (Å²) in [6.07, 6.45) is 3.14. The molecule has 0 saturated carbocycles. The third kappa shape index (κ3) is 3.87. The molecule has 0 aliphatic carbocycles. The molecule has 126 valence electrons. The minimum Gasteiger partial charge on any atom is -0.502 e. The number of carbonyl (C=O) groups is 1. The van der Waals surface area contributed by atoms with E-state index in [0.717, 1.165) is 5.69 Å². The summed E-state index contributed by atoms with van der Waals surface area (Å²) in [5.41, 5.74) is 2.33. The van der Waals surface area contributed by atoms with Crippen molar-refractivity contribution in [3.8, 4) is 17.2 Å². The van der Waals surface area contributed by atoms with Crippen molar-refractivity contribution in [3.63, 3.8) is 0 Å². The van der Waals surface area contributed by atoms with E-state index in [9.17, 15) is 9.90 Å². The van der Waals surface area contributed by atoms with Crippen molar-refractivity contribution in [3.05, 3.63) is 53.6 Å². The van der Waals surface area contributed by atoms with Crippen molar-refractivity contribution in [1.29, 1.82) is 0 Å². The van der Waals surface area contributed by atoms with Crippen molar-refractivity contribution in [2.24, 2.45) is 0 Å². The normalized spacial score (nSPS) is 10.7. The van der Waals surface area contributed by atoms with Crippen molar-refractivity contribution >= 4 is 17.5 Å². The average Bonchev–Trinajstić information content (AvgIpc) is 2.60. The summed E-state index contributed by atoms with van der Waals surface area (Å²) < 4.78 is 10.2. The highest BCUT2D eigenvalue weighted by molar-refractivity contribution is 6.07. The van der Waals surface area contributed by atoms with Crippen molar-refractivity contribution < 1.29 is 19.4 Å². The number of rotatable bonds is 6. The first-order valence-electron chi connectivity index (χ1n) is 7.41. The molecule has 2 aromatic rings. The molecule has 0 radical (unpaired) electrons. The van der Waals surface area contributed by atoms with Crippen molar-refractivity contribution in [1.82, 2.24) is 0 Å². The van der Waals surface area contributed by atoms with Gasteiger partial charge < -0.3 is 19.5 Å².